The number of amides is 2. The average molecular weight is 577 g/mol. The summed E-state index contributed by atoms with van der Waals surface area (Å²) in [6.07, 6.45) is 0.310. The van der Waals surface area contributed by atoms with Gasteiger partial charge >= 0.3 is 12.0 Å². The van der Waals surface area contributed by atoms with Gasteiger partial charge in [0, 0.05) is 5.70 Å². The van der Waals surface area contributed by atoms with E-state index in [9.17, 15) is 14.7 Å². The van der Waals surface area contributed by atoms with Gasteiger partial charge in [-0.15, -0.1) is 0 Å². The monoisotopic (exact) mass is 576 g/mol. The highest BCUT2D eigenvalue weighted by atomic mass is 35.5. The minimum absolute atomic E-state index is 0.166. The fraction of sp³-hybridized carbons (Fsp3) is 0.370. The van der Waals surface area contributed by atoms with Crippen molar-refractivity contribution in [3.05, 3.63) is 57.8 Å². The zero-order valence-corrected chi connectivity index (χ0v) is 23.6. The molecule has 216 valence electrons. The number of carbonyl (C=O) groups is 2. The Balaban J connectivity index is 1.70. The molecule has 12 nitrogen and oxygen atoms in total. The Hall–Kier alpha value is -4.16. The zero-order chi connectivity index (χ0) is 29.2. The van der Waals surface area contributed by atoms with Gasteiger partial charge in [0.2, 0.25) is 0 Å². The number of nitrogens with one attached hydrogen (secondary N) is 3. The predicted octanol–water partition coefficient (Wildman–Crippen LogP) is 3.27. The number of ether oxygens (including phenoxy) is 5. The number of hydrogen-bond donors (Lipinski definition) is 4. The second kappa shape index (κ2) is 14.3. The maximum Gasteiger partial charge on any atom is 0.337 e. The second-order valence-electron chi connectivity index (χ2n) is 8.38. The molecule has 1 aliphatic heterocycles. The molecule has 0 unspecified atom stereocenters. The Bertz CT molecular complexity index is 1280. The molecule has 1 aliphatic rings. The molecule has 2 aromatic carbocycles. The zero-order valence-electron chi connectivity index (χ0n) is 22.9. The average Bonchev–Trinajstić information content (AvgIpc) is 2.92. The van der Waals surface area contributed by atoms with E-state index < -0.39 is 24.3 Å². The number of hydrogen-bond acceptors (Lipinski definition) is 10. The van der Waals surface area contributed by atoms with Crippen LogP contribution in [-0.2, 0) is 9.53 Å². The van der Waals surface area contributed by atoms with Crippen molar-refractivity contribution in [2.45, 2.75) is 33.0 Å². The summed E-state index contributed by atoms with van der Waals surface area (Å²) in [5.74, 6) is 1.03. The van der Waals surface area contributed by atoms with Crippen molar-refractivity contribution in [2.24, 2.45) is 5.10 Å². The third-order valence-electron chi connectivity index (χ3n) is 5.65. The summed E-state index contributed by atoms with van der Waals surface area (Å²) in [6, 6.07) is 7.13. The second-order valence-corrected chi connectivity index (χ2v) is 8.79. The van der Waals surface area contributed by atoms with Crippen molar-refractivity contribution in [1.29, 1.82) is 0 Å². The van der Waals surface area contributed by atoms with Gasteiger partial charge in [-0.05, 0) is 56.2 Å². The Labute approximate surface area is 237 Å². The number of esters is 1. The maximum absolute atomic E-state index is 12.4. The third kappa shape index (κ3) is 7.48. The van der Waals surface area contributed by atoms with E-state index in [1.54, 1.807) is 44.2 Å². The number of hydrazone groups is 1. The van der Waals surface area contributed by atoms with Gasteiger partial charge in [0.15, 0.2) is 29.2 Å². The SMILES string of the molecule is CCOc1cc([C@@H]2NC(=O)NC(C)=C2C(=O)OC)ccc1OC[C@H](O)N/N=C\c1cc(Cl)c(OC)c(OCC)c1. The molecule has 2 aromatic rings. The standard InChI is InChI=1S/C27H33ClN4O8/c1-6-38-20-12-17(24-23(26(34)37-5)15(3)30-27(35)31-24)8-9-19(20)40-14-22(33)32-29-13-16-10-18(28)25(36-4)21(11-16)39-7-2/h8-13,22,24,32-33H,6-7,14H2,1-5H3,(H2,30,31,35)/b29-13-/t22-,24-/m0/s1. The fourth-order valence-electron chi connectivity index (χ4n) is 3.94. The number of halogens is 1. The minimum Gasteiger partial charge on any atom is -0.491 e. The van der Waals surface area contributed by atoms with Crippen LogP contribution in [0.1, 0.15) is 37.9 Å². The lowest BCUT2D eigenvalue weighted by Crippen LogP contribution is -2.45. The minimum atomic E-state index is -1.16. The first kappa shape index (κ1) is 30.4. The van der Waals surface area contributed by atoms with Crippen LogP contribution in [0.15, 0.2) is 46.7 Å². The number of methoxy groups -OCH3 is 2. The van der Waals surface area contributed by atoms with E-state index in [0.29, 0.717) is 58.1 Å². The fourth-order valence-corrected chi connectivity index (χ4v) is 4.24. The van der Waals surface area contributed by atoms with Crippen LogP contribution in [0.25, 0.3) is 0 Å². The molecule has 0 aliphatic carbocycles. The lowest BCUT2D eigenvalue weighted by molar-refractivity contribution is -0.136. The Morgan fingerprint density at radius 2 is 1.85 bits per heavy atom. The number of rotatable bonds is 13. The predicted molar refractivity (Wildman–Crippen MR) is 148 cm³/mol. The molecule has 2 amide bonds. The van der Waals surface area contributed by atoms with Crippen molar-refractivity contribution >= 4 is 29.8 Å². The molecule has 4 N–H and O–H groups in total. The number of aliphatic hydroxyl groups is 1. The first-order chi connectivity index (χ1) is 19.2. The third-order valence-corrected chi connectivity index (χ3v) is 5.93. The number of allylic oxidation sites excluding steroid dienone is 1. The highest BCUT2D eigenvalue weighted by Gasteiger charge is 2.32. The number of nitrogens with zero attached hydrogens (tertiary/aromatic N) is 1. The lowest BCUT2D eigenvalue weighted by atomic mass is 9.95. The van der Waals surface area contributed by atoms with Gasteiger partial charge in [-0.25, -0.2) is 9.59 Å². The van der Waals surface area contributed by atoms with E-state index in [0.717, 1.165) is 0 Å². The van der Waals surface area contributed by atoms with Gasteiger partial charge in [-0.3, -0.25) is 5.43 Å². The lowest BCUT2D eigenvalue weighted by Gasteiger charge is -2.28. The van der Waals surface area contributed by atoms with Crippen LogP contribution in [-0.4, -0.2) is 63.6 Å². The molecule has 40 heavy (non-hydrogen) atoms. The van der Waals surface area contributed by atoms with Crippen LogP contribution in [0.4, 0.5) is 4.79 Å². The molecule has 0 aromatic heterocycles. The summed E-state index contributed by atoms with van der Waals surface area (Å²) in [7, 11) is 2.77. The summed E-state index contributed by atoms with van der Waals surface area (Å²) in [6.45, 7) is 5.87. The molecule has 1 heterocycles. The van der Waals surface area contributed by atoms with E-state index in [-0.39, 0.29) is 12.2 Å². The highest BCUT2D eigenvalue weighted by Crippen LogP contribution is 2.36. The van der Waals surface area contributed by atoms with Crippen LogP contribution >= 0.6 is 11.6 Å². The number of aliphatic hydroxyl groups excluding tert-OH is 1. The molecule has 0 bridgehead atoms. The normalized spacial score (nSPS) is 15.7. The van der Waals surface area contributed by atoms with Gasteiger partial charge in [0.25, 0.3) is 0 Å². The number of benzene rings is 2. The summed E-state index contributed by atoms with van der Waals surface area (Å²) in [5, 5.41) is 20.1. The largest absolute Gasteiger partial charge is 0.491 e. The summed E-state index contributed by atoms with van der Waals surface area (Å²) >= 11 is 6.26. The van der Waals surface area contributed by atoms with Crippen molar-refractivity contribution < 1.29 is 38.4 Å². The van der Waals surface area contributed by atoms with Crippen LogP contribution in [0.3, 0.4) is 0 Å². The number of carbonyl (C=O) groups excluding carboxylic acids is 2. The summed E-state index contributed by atoms with van der Waals surface area (Å²) < 4.78 is 27.2. The van der Waals surface area contributed by atoms with E-state index in [1.807, 2.05) is 6.92 Å². The van der Waals surface area contributed by atoms with Gasteiger partial charge in [-0.2, -0.15) is 5.10 Å². The summed E-state index contributed by atoms with van der Waals surface area (Å²) in [4.78, 5) is 24.5. The molecule has 0 spiro atoms. The first-order valence-electron chi connectivity index (χ1n) is 12.4. The molecule has 2 atom stereocenters. The van der Waals surface area contributed by atoms with Gasteiger partial charge in [0.05, 0.1) is 50.3 Å². The molecular weight excluding hydrogens is 544 g/mol. The smallest absolute Gasteiger partial charge is 0.337 e. The van der Waals surface area contributed by atoms with Crippen LogP contribution in [0.2, 0.25) is 5.02 Å². The van der Waals surface area contributed by atoms with Crippen molar-refractivity contribution in [2.75, 3.05) is 34.0 Å². The van der Waals surface area contributed by atoms with E-state index in [4.69, 9.17) is 35.3 Å². The van der Waals surface area contributed by atoms with Crippen LogP contribution in [0, 0.1) is 0 Å². The molecule has 0 fully saturated rings. The van der Waals surface area contributed by atoms with Crippen molar-refractivity contribution in [3.63, 3.8) is 0 Å². The van der Waals surface area contributed by atoms with Gasteiger partial charge in [-0.1, -0.05) is 17.7 Å². The van der Waals surface area contributed by atoms with Crippen LogP contribution in [0.5, 0.6) is 23.0 Å². The molecular formula is C27H33ClN4O8. The molecule has 0 saturated carbocycles. The molecule has 0 radical (unpaired) electrons. The molecule has 3 rings (SSSR count). The highest BCUT2D eigenvalue weighted by molar-refractivity contribution is 6.32. The van der Waals surface area contributed by atoms with Gasteiger partial charge in [0.1, 0.15) is 6.61 Å². The van der Waals surface area contributed by atoms with E-state index in [1.165, 1.54) is 20.4 Å². The maximum atomic E-state index is 12.4. The molecule has 0 saturated heterocycles. The van der Waals surface area contributed by atoms with E-state index >= 15 is 0 Å². The summed E-state index contributed by atoms with van der Waals surface area (Å²) in [5.41, 5.74) is 4.45. The van der Waals surface area contributed by atoms with Crippen molar-refractivity contribution in [3.8, 4) is 23.0 Å². The van der Waals surface area contributed by atoms with Crippen molar-refractivity contribution in [1.82, 2.24) is 16.1 Å². The van der Waals surface area contributed by atoms with E-state index in [2.05, 4.69) is 21.2 Å². The van der Waals surface area contributed by atoms with Gasteiger partial charge < -0.3 is 39.4 Å². The quantitative estimate of drug-likeness (QED) is 0.122. The first-order valence-corrected chi connectivity index (χ1v) is 12.8. The Morgan fingerprint density at radius 3 is 2.52 bits per heavy atom. The van der Waals surface area contributed by atoms with Crippen LogP contribution < -0.4 is 35.0 Å². The Kier molecular flexibility index (Phi) is 10.9. The topological polar surface area (TPSA) is 149 Å². The molecule has 13 heteroatoms. The number of urea groups is 1. The Morgan fingerprint density at radius 1 is 1.12 bits per heavy atom.